The quantitative estimate of drug-likeness (QED) is 0.424. The van der Waals surface area contributed by atoms with Crippen LogP contribution in [0.3, 0.4) is 0 Å². The fourth-order valence-electron chi connectivity index (χ4n) is 4.17. The topological polar surface area (TPSA) is 110 Å². The number of nitrogens with one attached hydrogen (secondary N) is 1. The van der Waals surface area contributed by atoms with E-state index in [-0.39, 0.29) is 23.4 Å². The average molecular weight is 462 g/mol. The molecule has 4 rings (SSSR count). The van der Waals surface area contributed by atoms with Crippen LogP contribution in [0.1, 0.15) is 30.5 Å². The van der Waals surface area contributed by atoms with Gasteiger partial charge in [0.25, 0.3) is 5.69 Å². The fraction of sp³-hybridized carbons (Fsp3) is 0.320. The zero-order valence-corrected chi connectivity index (χ0v) is 19.0. The minimum Gasteiger partial charge on any atom is -0.343 e. The van der Waals surface area contributed by atoms with Gasteiger partial charge in [-0.25, -0.2) is 4.68 Å². The molecular formula is C25H27N5O4. The SMILES string of the molecule is Cc1cc(NC(=O)C2CCN(C(=O)CCc3ccccc3)CC2)n(-c2ccc([N+](=O)[O-])cc2)n1. The van der Waals surface area contributed by atoms with Gasteiger partial charge >= 0.3 is 0 Å². The molecule has 176 valence electrons. The summed E-state index contributed by atoms with van der Waals surface area (Å²) in [6.07, 6.45) is 2.39. The Balaban J connectivity index is 1.33. The Morgan fingerprint density at radius 2 is 1.76 bits per heavy atom. The van der Waals surface area contributed by atoms with Gasteiger partial charge in [0.15, 0.2) is 0 Å². The number of rotatable bonds is 7. The molecule has 0 radical (unpaired) electrons. The number of nitro benzene ring substituents is 1. The van der Waals surface area contributed by atoms with Crippen molar-refractivity contribution in [1.29, 1.82) is 0 Å². The second-order valence-corrected chi connectivity index (χ2v) is 8.49. The number of anilines is 1. The number of nitro groups is 1. The largest absolute Gasteiger partial charge is 0.343 e. The number of hydrogen-bond donors (Lipinski definition) is 1. The number of carbonyl (C=O) groups excluding carboxylic acids is 2. The molecule has 1 N–H and O–H groups in total. The van der Waals surface area contributed by atoms with Gasteiger partial charge < -0.3 is 10.2 Å². The first-order valence-corrected chi connectivity index (χ1v) is 11.3. The highest BCUT2D eigenvalue weighted by Crippen LogP contribution is 2.23. The van der Waals surface area contributed by atoms with E-state index in [2.05, 4.69) is 10.4 Å². The first-order valence-electron chi connectivity index (χ1n) is 11.3. The highest BCUT2D eigenvalue weighted by Gasteiger charge is 2.28. The van der Waals surface area contributed by atoms with Crippen molar-refractivity contribution in [2.24, 2.45) is 5.92 Å². The van der Waals surface area contributed by atoms with Crippen molar-refractivity contribution in [1.82, 2.24) is 14.7 Å². The van der Waals surface area contributed by atoms with Gasteiger partial charge in [-0.1, -0.05) is 30.3 Å². The number of carbonyl (C=O) groups is 2. The van der Waals surface area contributed by atoms with Crippen LogP contribution in [-0.4, -0.2) is 44.5 Å². The number of benzene rings is 2. The van der Waals surface area contributed by atoms with Crippen molar-refractivity contribution in [3.8, 4) is 5.69 Å². The van der Waals surface area contributed by atoms with Gasteiger partial charge in [0.1, 0.15) is 5.82 Å². The summed E-state index contributed by atoms with van der Waals surface area (Å²) in [5, 5.41) is 18.3. The smallest absolute Gasteiger partial charge is 0.269 e. The van der Waals surface area contributed by atoms with E-state index in [9.17, 15) is 19.7 Å². The summed E-state index contributed by atoms with van der Waals surface area (Å²) in [6.45, 7) is 2.94. The highest BCUT2D eigenvalue weighted by atomic mass is 16.6. The summed E-state index contributed by atoms with van der Waals surface area (Å²) < 4.78 is 1.57. The van der Waals surface area contributed by atoms with Crippen LogP contribution in [0.4, 0.5) is 11.5 Å². The van der Waals surface area contributed by atoms with Crippen LogP contribution < -0.4 is 5.32 Å². The van der Waals surface area contributed by atoms with Gasteiger partial charge in [0.05, 0.1) is 16.3 Å². The van der Waals surface area contributed by atoms with Crippen LogP contribution in [0.2, 0.25) is 0 Å². The van der Waals surface area contributed by atoms with Crippen molar-refractivity contribution in [2.45, 2.75) is 32.6 Å². The maximum atomic E-state index is 12.9. The van der Waals surface area contributed by atoms with E-state index in [4.69, 9.17) is 0 Å². The molecule has 1 fully saturated rings. The lowest BCUT2D eigenvalue weighted by Crippen LogP contribution is -2.41. The second kappa shape index (κ2) is 10.3. The highest BCUT2D eigenvalue weighted by molar-refractivity contribution is 5.92. The maximum Gasteiger partial charge on any atom is 0.269 e. The van der Waals surface area contributed by atoms with E-state index >= 15 is 0 Å². The zero-order valence-electron chi connectivity index (χ0n) is 19.0. The number of non-ortho nitro benzene ring substituents is 1. The Kier molecular flexibility index (Phi) is 7.01. The Morgan fingerprint density at radius 3 is 2.41 bits per heavy atom. The molecule has 0 saturated carbocycles. The first-order chi connectivity index (χ1) is 16.4. The predicted molar refractivity (Wildman–Crippen MR) is 128 cm³/mol. The van der Waals surface area contributed by atoms with E-state index in [1.165, 1.54) is 12.1 Å². The monoisotopic (exact) mass is 461 g/mol. The third kappa shape index (κ3) is 5.48. The molecule has 0 aliphatic carbocycles. The number of aromatic nitrogens is 2. The Bertz CT molecular complexity index is 1170. The molecule has 0 unspecified atom stereocenters. The van der Waals surface area contributed by atoms with Crippen molar-refractivity contribution >= 4 is 23.3 Å². The fourth-order valence-corrected chi connectivity index (χ4v) is 4.17. The van der Waals surface area contributed by atoms with E-state index in [0.29, 0.717) is 56.0 Å². The standard InChI is InChI=1S/C25H27N5O4/c1-18-17-23(29(27-18)21-8-10-22(11-9-21)30(33)34)26-25(32)20-13-15-28(16-14-20)24(31)12-7-19-5-3-2-4-6-19/h2-6,8-11,17,20H,7,12-16H2,1H3,(H,26,32). The predicted octanol–water partition coefficient (Wildman–Crippen LogP) is 3.90. The van der Waals surface area contributed by atoms with Gasteiger partial charge in [0, 0.05) is 43.6 Å². The third-order valence-electron chi connectivity index (χ3n) is 6.08. The summed E-state index contributed by atoms with van der Waals surface area (Å²) in [6, 6.07) is 17.7. The molecular weight excluding hydrogens is 434 g/mol. The molecule has 0 bridgehead atoms. The van der Waals surface area contributed by atoms with Gasteiger partial charge in [-0.2, -0.15) is 5.10 Å². The second-order valence-electron chi connectivity index (χ2n) is 8.49. The van der Waals surface area contributed by atoms with Crippen LogP contribution >= 0.6 is 0 Å². The first kappa shape index (κ1) is 23.2. The number of nitrogens with zero attached hydrogens (tertiary/aromatic N) is 4. The van der Waals surface area contributed by atoms with Crippen molar-refractivity contribution in [3.05, 3.63) is 82.0 Å². The van der Waals surface area contributed by atoms with Gasteiger partial charge in [-0.15, -0.1) is 0 Å². The number of likely N-dealkylation sites (tertiary alicyclic amines) is 1. The number of aryl methyl sites for hydroxylation is 2. The Labute approximate surface area is 197 Å². The third-order valence-corrected chi connectivity index (χ3v) is 6.08. The molecule has 3 aromatic rings. The van der Waals surface area contributed by atoms with Crippen LogP contribution in [0, 0.1) is 23.0 Å². The molecule has 2 aromatic carbocycles. The minimum absolute atomic E-state index is 0.0108. The summed E-state index contributed by atoms with van der Waals surface area (Å²) in [7, 11) is 0. The van der Waals surface area contributed by atoms with Crippen LogP contribution in [0.15, 0.2) is 60.7 Å². The van der Waals surface area contributed by atoms with E-state index in [1.54, 1.807) is 22.9 Å². The molecule has 2 amide bonds. The van der Waals surface area contributed by atoms with E-state index in [1.807, 2.05) is 42.2 Å². The van der Waals surface area contributed by atoms with Gasteiger partial charge in [-0.05, 0) is 43.9 Å². The number of piperidine rings is 1. The lowest BCUT2D eigenvalue weighted by Gasteiger charge is -2.31. The summed E-state index contributed by atoms with van der Waals surface area (Å²) in [5.41, 5.74) is 2.47. The Morgan fingerprint density at radius 1 is 1.09 bits per heavy atom. The average Bonchev–Trinajstić information content (AvgIpc) is 3.23. The molecule has 0 atom stereocenters. The summed E-state index contributed by atoms with van der Waals surface area (Å²) in [4.78, 5) is 37.8. The minimum atomic E-state index is -0.459. The van der Waals surface area contributed by atoms with Crippen LogP contribution in [-0.2, 0) is 16.0 Å². The van der Waals surface area contributed by atoms with E-state index in [0.717, 1.165) is 5.56 Å². The molecule has 9 nitrogen and oxygen atoms in total. The van der Waals surface area contributed by atoms with Crippen molar-refractivity contribution < 1.29 is 14.5 Å². The zero-order chi connectivity index (χ0) is 24.1. The molecule has 1 saturated heterocycles. The molecule has 9 heteroatoms. The lowest BCUT2D eigenvalue weighted by molar-refractivity contribution is -0.384. The van der Waals surface area contributed by atoms with Crippen molar-refractivity contribution in [2.75, 3.05) is 18.4 Å². The molecule has 1 aliphatic heterocycles. The van der Waals surface area contributed by atoms with Crippen molar-refractivity contribution in [3.63, 3.8) is 0 Å². The number of hydrogen-bond acceptors (Lipinski definition) is 5. The molecule has 2 heterocycles. The maximum absolute atomic E-state index is 12.9. The molecule has 1 aliphatic rings. The lowest BCUT2D eigenvalue weighted by atomic mass is 9.95. The van der Waals surface area contributed by atoms with E-state index < -0.39 is 4.92 Å². The summed E-state index contributed by atoms with van der Waals surface area (Å²) >= 11 is 0. The van der Waals surface area contributed by atoms with Crippen LogP contribution in [0.25, 0.3) is 5.69 Å². The van der Waals surface area contributed by atoms with Gasteiger partial charge in [-0.3, -0.25) is 19.7 Å². The van der Waals surface area contributed by atoms with Gasteiger partial charge in [0.2, 0.25) is 11.8 Å². The molecule has 1 aromatic heterocycles. The molecule has 0 spiro atoms. The summed E-state index contributed by atoms with van der Waals surface area (Å²) in [5.74, 6) is 0.324. The number of amides is 2. The molecule has 34 heavy (non-hydrogen) atoms. The Hall–Kier alpha value is -4.01. The normalized spacial score (nSPS) is 14.1. The van der Waals surface area contributed by atoms with Crippen LogP contribution in [0.5, 0.6) is 0 Å².